The van der Waals surface area contributed by atoms with Crippen molar-refractivity contribution in [3.8, 4) is 17.1 Å². The predicted octanol–water partition coefficient (Wildman–Crippen LogP) is 5.27. The van der Waals surface area contributed by atoms with Crippen molar-refractivity contribution in [3.05, 3.63) is 77.3 Å². The lowest BCUT2D eigenvalue weighted by molar-refractivity contribution is 0.102. The van der Waals surface area contributed by atoms with E-state index in [9.17, 15) is 4.79 Å². The average molecular weight is 447 g/mol. The van der Waals surface area contributed by atoms with Crippen molar-refractivity contribution < 1.29 is 9.53 Å². The molecule has 6 nitrogen and oxygen atoms in total. The fourth-order valence-electron chi connectivity index (χ4n) is 3.91. The highest BCUT2D eigenvalue weighted by atomic mass is 35.5. The maximum atomic E-state index is 13.1. The summed E-state index contributed by atoms with van der Waals surface area (Å²) in [4.78, 5) is 21.1. The molecule has 1 fully saturated rings. The standard InChI is InChI=1S/C25H23ClN4O2/c26-17-9-7-16(8-10-17)24-29-22-6-2-5-21(23(22)30-24)25(31)28-18-3-1-4-20(15-18)32-19-11-13-27-14-12-19/h1-10,15,19,27H,11-14H2,(H,28,31)(H,29,30). The van der Waals surface area contributed by atoms with Gasteiger partial charge in [0, 0.05) is 22.3 Å². The Morgan fingerprint density at radius 1 is 1.03 bits per heavy atom. The second-order valence-electron chi connectivity index (χ2n) is 7.84. The van der Waals surface area contributed by atoms with Crippen molar-refractivity contribution in [2.45, 2.75) is 18.9 Å². The molecule has 0 radical (unpaired) electrons. The number of fused-ring (bicyclic) bond motifs is 1. The maximum Gasteiger partial charge on any atom is 0.257 e. The van der Waals surface area contributed by atoms with Crippen molar-refractivity contribution in [2.24, 2.45) is 0 Å². The molecule has 162 valence electrons. The van der Waals surface area contributed by atoms with Crippen LogP contribution in [0.3, 0.4) is 0 Å². The summed E-state index contributed by atoms with van der Waals surface area (Å²) in [7, 11) is 0. The third-order valence-corrected chi connectivity index (χ3v) is 5.81. The molecule has 1 aliphatic heterocycles. The van der Waals surface area contributed by atoms with Crippen LogP contribution in [0.4, 0.5) is 5.69 Å². The average Bonchev–Trinajstić information content (AvgIpc) is 3.25. The number of nitrogens with one attached hydrogen (secondary N) is 3. The third-order valence-electron chi connectivity index (χ3n) is 5.56. The molecule has 32 heavy (non-hydrogen) atoms. The van der Waals surface area contributed by atoms with Gasteiger partial charge in [0.15, 0.2) is 0 Å². The summed E-state index contributed by atoms with van der Waals surface area (Å²) in [6.45, 7) is 1.93. The van der Waals surface area contributed by atoms with Crippen LogP contribution in [-0.4, -0.2) is 35.1 Å². The molecule has 0 saturated carbocycles. The van der Waals surface area contributed by atoms with Crippen molar-refractivity contribution >= 4 is 34.2 Å². The largest absolute Gasteiger partial charge is 0.490 e. The minimum atomic E-state index is -0.219. The second-order valence-corrected chi connectivity index (χ2v) is 8.28. The predicted molar refractivity (Wildman–Crippen MR) is 127 cm³/mol. The molecule has 1 aliphatic rings. The quantitative estimate of drug-likeness (QED) is 0.390. The van der Waals surface area contributed by atoms with Gasteiger partial charge in [0.2, 0.25) is 0 Å². The number of aromatic nitrogens is 2. The summed E-state index contributed by atoms with van der Waals surface area (Å²) in [5.74, 6) is 1.23. The lowest BCUT2D eigenvalue weighted by Gasteiger charge is -2.24. The molecular weight excluding hydrogens is 424 g/mol. The minimum Gasteiger partial charge on any atom is -0.490 e. The van der Waals surface area contributed by atoms with E-state index in [0.29, 0.717) is 27.6 Å². The van der Waals surface area contributed by atoms with Crippen molar-refractivity contribution in [1.82, 2.24) is 15.3 Å². The van der Waals surface area contributed by atoms with Gasteiger partial charge < -0.3 is 20.4 Å². The Labute approximate surface area is 191 Å². The molecular formula is C25H23ClN4O2. The van der Waals surface area contributed by atoms with E-state index in [4.69, 9.17) is 16.3 Å². The van der Waals surface area contributed by atoms with Gasteiger partial charge in [0.05, 0.1) is 11.1 Å². The third kappa shape index (κ3) is 4.47. The number of carbonyl (C=O) groups excluding carboxylic acids is 1. The second kappa shape index (κ2) is 9.02. The number of rotatable bonds is 5. The summed E-state index contributed by atoms with van der Waals surface area (Å²) in [5.41, 5.74) is 3.51. The number of piperidine rings is 1. The zero-order chi connectivity index (χ0) is 21.9. The summed E-state index contributed by atoms with van der Waals surface area (Å²) < 4.78 is 6.10. The number of hydrogen-bond acceptors (Lipinski definition) is 4. The number of carbonyl (C=O) groups is 1. The van der Waals surface area contributed by atoms with Gasteiger partial charge in [-0.25, -0.2) is 4.98 Å². The number of H-pyrrole nitrogens is 1. The monoisotopic (exact) mass is 446 g/mol. The number of anilines is 1. The number of ether oxygens (including phenoxy) is 1. The van der Waals surface area contributed by atoms with Crippen LogP contribution < -0.4 is 15.4 Å². The number of amides is 1. The highest BCUT2D eigenvalue weighted by Crippen LogP contribution is 2.26. The maximum absolute atomic E-state index is 13.1. The molecule has 2 heterocycles. The smallest absolute Gasteiger partial charge is 0.257 e. The molecule has 5 rings (SSSR count). The van der Waals surface area contributed by atoms with E-state index in [1.807, 2.05) is 60.7 Å². The Balaban J connectivity index is 1.37. The van der Waals surface area contributed by atoms with Gasteiger partial charge in [0.25, 0.3) is 5.91 Å². The van der Waals surface area contributed by atoms with Gasteiger partial charge >= 0.3 is 0 Å². The van der Waals surface area contributed by atoms with Gasteiger partial charge in [-0.1, -0.05) is 23.7 Å². The van der Waals surface area contributed by atoms with Crippen LogP contribution >= 0.6 is 11.6 Å². The first-order valence-electron chi connectivity index (χ1n) is 10.7. The van der Waals surface area contributed by atoms with Crippen LogP contribution in [0, 0.1) is 0 Å². The van der Waals surface area contributed by atoms with Crippen molar-refractivity contribution in [3.63, 3.8) is 0 Å². The summed E-state index contributed by atoms with van der Waals surface area (Å²) >= 11 is 5.99. The highest BCUT2D eigenvalue weighted by molar-refractivity contribution is 6.30. The van der Waals surface area contributed by atoms with Crippen molar-refractivity contribution in [2.75, 3.05) is 18.4 Å². The van der Waals surface area contributed by atoms with Crippen LogP contribution in [0.15, 0.2) is 66.7 Å². The van der Waals surface area contributed by atoms with E-state index in [2.05, 4.69) is 20.6 Å². The number of imidazole rings is 1. The number of halogens is 1. The first kappa shape index (κ1) is 20.5. The lowest BCUT2D eigenvalue weighted by Crippen LogP contribution is -2.34. The number of hydrogen-bond donors (Lipinski definition) is 3. The number of nitrogens with zero attached hydrogens (tertiary/aromatic N) is 1. The van der Waals surface area contributed by atoms with E-state index >= 15 is 0 Å². The van der Waals surface area contributed by atoms with Crippen molar-refractivity contribution in [1.29, 1.82) is 0 Å². The fourth-order valence-corrected chi connectivity index (χ4v) is 4.04. The molecule has 0 spiro atoms. The molecule has 1 aromatic heterocycles. The molecule has 1 amide bonds. The van der Waals surface area contributed by atoms with E-state index < -0.39 is 0 Å². The molecule has 0 unspecified atom stereocenters. The lowest BCUT2D eigenvalue weighted by atomic mass is 10.1. The Bertz CT molecular complexity index is 1250. The first-order chi connectivity index (χ1) is 15.7. The molecule has 0 bridgehead atoms. The van der Waals surface area contributed by atoms with Crippen LogP contribution in [0.25, 0.3) is 22.4 Å². The Hall–Kier alpha value is -3.35. The highest BCUT2D eigenvalue weighted by Gasteiger charge is 2.17. The van der Waals surface area contributed by atoms with Gasteiger partial charge in [-0.15, -0.1) is 0 Å². The molecule has 0 atom stereocenters. The molecule has 0 aliphatic carbocycles. The fraction of sp³-hybridized carbons (Fsp3) is 0.200. The van der Waals surface area contributed by atoms with Gasteiger partial charge in [-0.3, -0.25) is 4.79 Å². The van der Waals surface area contributed by atoms with Crippen LogP contribution in [0.5, 0.6) is 5.75 Å². The van der Waals surface area contributed by atoms with Gasteiger partial charge in [-0.05, 0) is 74.5 Å². The molecule has 7 heteroatoms. The minimum absolute atomic E-state index is 0.200. The van der Waals surface area contributed by atoms with Gasteiger partial charge in [0.1, 0.15) is 23.2 Å². The zero-order valence-electron chi connectivity index (χ0n) is 17.4. The zero-order valence-corrected chi connectivity index (χ0v) is 18.2. The van der Waals surface area contributed by atoms with E-state index in [1.54, 1.807) is 6.07 Å². The van der Waals surface area contributed by atoms with E-state index in [-0.39, 0.29) is 12.0 Å². The van der Waals surface area contributed by atoms with Crippen LogP contribution in [-0.2, 0) is 0 Å². The van der Waals surface area contributed by atoms with E-state index in [1.165, 1.54) is 0 Å². The normalized spacial score (nSPS) is 14.4. The summed E-state index contributed by atoms with van der Waals surface area (Å²) in [5, 5.41) is 6.98. The first-order valence-corrected chi connectivity index (χ1v) is 11.1. The SMILES string of the molecule is O=C(Nc1cccc(OC2CCNCC2)c1)c1cccc2[nH]c(-c3ccc(Cl)cc3)nc12. The van der Waals surface area contributed by atoms with E-state index in [0.717, 1.165) is 42.8 Å². The Kier molecular flexibility index (Phi) is 5.79. The summed E-state index contributed by atoms with van der Waals surface area (Å²) in [6, 6.07) is 20.5. The molecule has 3 aromatic carbocycles. The van der Waals surface area contributed by atoms with Gasteiger partial charge in [-0.2, -0.15) is 0 Å². The molecule has 3 N–H and O–H groups in total. The topological polar surface area (TPSA) is 79.0 Å². The Morgan fingerprint density at radius 3 is 2.62 bits per heavy atom. The number of para-hydroxylation sites is 1. The molecule has 4 aromatic rings. The Morgan fingerprint density at radius 2 is 1.81 bits per heavy atom. The summed E-state index contributed by atoms with van der Waals surface area (Å²) in [6.07, 6.45) is 2.16. The van der Waals surface area contributed by atoms with Crippen LogP contribution in [0.2, 0.25) is 5.02 Å². The molecule has 1 saturated heterocycles. The number of benzene rings is 3. The van der Waals surface area contributed by atoms with Crippen LogP contribution in [0.1, 0.15) is 23.2 Å². The number of aromatic amines is 1.